The molecule has 6 unspecified atom stereocenters. The van der Waals surface area contributed by atoms with Crippen molar-refractivity contribution in [3.05, 3.63) is 71.4 Å². The lowest BCUT2D eigenvalue weighted by atomic mass is 9.96. The van der Waals surface area contributed by atoms with Crippen molar-refractivity contribution in [2.45, 2.75) is 317 Å². The number of aldehydes is 2. The van der Waals surface area contributed by atoms with Gasteiger partial charge in [-0.2, -0.15) is 0 Å². The monoisotopic (exact) mass is 1840 g/mol. The van der Waals surface area contributed by atoms with E-state index in [9.17, 15) is 110 Å². The normalized spacial score (nSPS) is 29.6. The number of likely N-dealkylation sites (N-methyl/N-ethyl adjacent to an activating group) is 1. The summed E-state index contributed by atoms with van der Waals surface area (Å²) in [5.74, 6) is -15.9. The number of phenolic OH excluding ortho intramolecular Hbond substituents is 2. The molecule has 46 nitrogen and oxygen atoms in total. The molecule has 27 atom stereocenters. The number of amides is 11. The van der Waals surface area contributed by atoms with Crippen LogP contribution in [-0.4, -0.2) is 358 Å². The number of aliphatic hydroxyl groups is 12. The molecule has 4 fully saturated rings. The lowest BCUT2D eigenvalue weighted by Gasteiger charge is -2.46. The Morgan fingerprint density at radius 2 is 1.16 bits per heavy atom. The molecule has 0 bridgehead atoms. The summed E-state index contributed by atoms with van der Waals surface area (Å²) >= 11 is 0. The number of carbonyl (C=O) groups is 14. The Labute approximate surface area is 744 Å². The predicted molar refractivity (Wildman–Crippen MR) is 447 cm³/mol. The Bertz CT molecular complexity index is 3960. The third-order valence-corrected chi connectivity index (χ3v) is 21.2. The van der Waals surface area contributed by atoms with Crippen LogP contribution in [0.3, 0.4) is 0 Å². The Morgan fingerprint density at radius 1 is 0.628 bits per heavy atom. The van der Waals surface area contributed by atoms with Crippen LogP contribution in [0.1, 0.15) is 150 Å². The number of aliphatic hydroxyl groups excluding tert-OH is 12. The number of carbonyl (C=O) groups excluding carboxylic acids is 14. The summed E-state index contributed by atoms with van der Waals surface area (Å²) in [6.45, 7) is 7.75. The number of nitrogens with zero attached hydrogens (tertiary/aromatic N) is 1. The molecule has 0 spiro atoms. The molecule has 4 aliphatic heterocycles. The number of hydrogen-bond acceptors (Lipinski definition) is 35. The molecular formula is C83H129N11O35. The number of allylic oxidation sites excluding steroid dienone is 1. The fraction of sp³-hybridized carbons (Fsp3) is 0.663. The van der Waals surface area contributed by atoms with Gasteiger partial charge in [0, 0.05) is 33.2 Å². The number of hydrogen-bond donors (Lipinski definition) is 24. The molecule has 4 saturated heterocycles. The van der Waals surface area contributed by atoms with Gasteiger partial charge in [0.1, 0.15) is 145 Å². The van der Waals surface area contributed by atoms with E-state index in [1.54, 1.807) is 0 Å². The van der Waals surface area contributed by atoms with Gasteiger partial charge in [0.05, 0.1) is 50.8 Å². The van der Waals surface area contributed by atoms with Crippen LogP contribution in [0.25, 0.3) is 0 Å². The number of unbranched alkanes of at least 4 members (excludes halogenated alkanes) is 8. The summed E-state index contributed by atoms with van der Waals surface area (Å²) in [6.07, 6.45) is -29.1. The Hall–Kier alpha value is -9.96. The van der Waals surface area contributed by atoms with Crippen molar-refractivity contribution in [3.63, 3.8) is 0 Å². The minimum Gasteiger partial charge on any atom is -0.508 e. The molecule has 4 heterocycles. The third-order valence-electron chi connectivity index (χ3n) is 21.2. The highest BCUT2D eigenvalue weighted by Crippen LogP contribution is 2.31. The highest BCUT2D eigenvalue weighted by molar-refractivity contribution is 6.02. The maximum Gasteiger partial charge on any atom is 0.329 e. The molecule has 46 heteroatoms. The van der Waals surface area contributed by atoms with E-state index in [0.29, 0.717) is 17.7 Å². The molecule has 6 rings (SSSR count). The second kappa shape index (κ2) is 55.9. The Balaban J connectivity index is 0.00000564. The lowest BCUT2D eigenvalue weighted by Crippen LogP contribution is -2.67. The van der Waals surface area contributed by atoms with E-state index in [4.69, 9.17) is 48.5 Å². The summed E-state index contributed by atoms with van der Waals surface area (Å²) in [5, 5.41) is 174. The number of esters is 1. The van der Waals surface area contributed by atoms with Crippen LogP contribution in [-0.2, 0) is 113 Å². The van der Waals surface area contributed by atoms with Crippen molar-refractivity contribution < 1.29 is 172 Å². The third kappa shape index (κ3) is 34.7. The smallest absolute Gasteiger partial charge is 0.329 e. The van der Waals surface area contributed by atoms with Crippen LogP contribution in [0.15, 0.2) is 60.3 Å². The van der Waals surface area contributed by atoms with Gasteiger partial charge in [-0.05, 0) is 96.7 Å². The van der Waals surface area contributed by atoms with E-state index < -0.39 is 294 Å². The van der Waals surface area contributed by atoms with E-state index in [0.717, 1.165) is 98.8 Å². The average Bonchev–Trinajstić information content (AvgIpc) is 0.808. The van der Waals surface area contributed by atoms with Crippen LogP contribution in [0.2, 0.25) is 0 Å². The topological polar surface area (TPSA) is 724 Å². The molecule has 0 aromatic heterocycles. The van der Waals surface area contributed by atoms with Gasteiger partial charge in [-0.15, -0.1) is 0 Å². The van der Waals surface area contributed by atoms with Crippen molar-refractivity contribution in [3.8, 4) is 11.5 Å². The van der Waals surface area contributed by atoms with Crippen molar-refractivity contribution in [1.82, 2.24) is 52.8 Å². The van der Waals surface area contributed by atoms with Gasteiger partial charge in [0.25, 0.3) is 11.8 Å². The Kier molecular flexibility index (Phi) is 48.3. The van der Waals surface area contributed by atoms with Gasteiger partial charge in [0.2, 0.25) is 53.2 Å². The molecule has 0 aliphatic carbocycles. The van der Waals surface area contributed by atoms with Gasteiger partial charge >= 0.3 is 5.97 Å². The lowest BCUT2D eigenvalue weighted by molar-refractivity contribution is -0.339. The first kappa shape index (κ1) is 111. The number of nitrogens with one attached hydrogen (secondary N) is 9. The molecule has 0 saturated carbocycles. The van der Waals surface area contributed by atoms with E-state index in [1.165, 1.54) is 69.3 Å². The van der Waals surface area contributed by atoms with Crippen LogP contribution in [0.5, 0.6) is 11.5 Å². The first-order chi connectivity index (χ1) is 61.0. The summed E-state index contributed by atoms with van der Waals surface area (Å²) in [6, 6.07) is -6.20. The highest BCUT2D eigenvalue weighted by Gasteiger charge is 2.52. The molecule has 129 heavy (non-hydrogen) atoms. The Morgan fingerprint density at radius 3 is 1.69 bits per heavy atom. The first-order valence-corrected chi connectivity index (χ1v) is 42.3. The number of aromatic hydroxyl groups is 2. The van der Waals surface area contributed by atoms with Gasteiger partial charge in [-0.1, -0.05) is 95.1 Å². The van der Waals surface area contributed by atoms with Crippen LogP contribution in [0, 0.1) is 0 Å². The summed E-state index contributed by atoms with van der Waals surface area (Å²) in [5.41, 5.74) is 5.19. The van der Waals surface area contributed by atoms with Crippen molar-refractivity contribution in [2.75, 3.05) is 33.4 Å². The number of phenols is 2. The SMILES string of the molecule is C/C=C1\NC(=O)[C@@H](Cc2ccc(O)cc2)NC(=O)[C@H]([C@H](C)O)NC(=O)[C@@H](NC(=O)C(NC(=O)C(O)C(CCCCCCCCCCC)O[C@@H]2OC[C@@H](O)[C@@H](O[C@H]3O[C@@H](CO)[C@H](O)[C@@H](O)[C@@H]3NC(C)=O)[C@@H]2O)C(C)O)[C@@H](C)OC(=O)[C@H](Cc2ccc(O)cc2)NC(=O)C(C(C)O[C@@H]2O[C@@H](CO)[C@H](O)[C@@H](O)[C@H]2O)N(C)C(=O)CNC(=O)[C@@H](CCC(N)=O)NC1=O.CC=O.CC=O. The molecule has 4 aliphatic rings. The van der Waals surface area contributed by atoms with E-state index in [2.05, 4.69) is 54.8 Å². The molecule has 25 N–H and O–H groups in total. The zero-order valence-corrected chi connectivity index (χ0v) is 73.5. The minimum absolute atomic E-state index is 0.133. The average molecular weight is 1840 g/mol. The maximum atomic E-state index is 15.4. The number of benzene rings is 2. The first-order valence-electron chi connectivity index (χ1n) is 42.3. The highest BCUT2D eigenvalue weighted by atomic mass is 16.7. The number of ether oxygens (including phenoxy) is 7. The summed E-state index contributed by atoms with van der Waals surface area (Å²) < 4.78 is 40.9. The summed E-state index contributed by atoms with van der Waals surface area (Å²) in [4.78, 5) is 191. The molecule has 2 aromatic rings. The minimum atomic E-state index is -2.41. The molecule has 2 aromatic carbocycles. The van der Waals surface area contributed by atoms with Crippen molar-refractivity contribution >= 4 is 83.5 Å². The van der Waals surface area contributed by atoms with Gasteiger partial charge < -0.3 is 173 Å². The van der Waals surface area contributed by atoms with E-state index in [1.807, 2.05) is 0 Å². The quantitative estimate of drug-likeness (QED) is 0.0134. The van der Waals surface area contributed by atoms with Crippen LogP contribution < -0.4 is 53.6 Å². The summed E-state index contributed by atoms with van der Waals surface area (Å²) in [7, 11) is 0.992. The standard InChI is InChI=1S/C79H121N11O33.2C2H4O/c1-9-11-12-13-14-15-16-17-18-19-50(120-78-66(107)67(49(98)35-117-78)123-77-58(82-40(7)95)63(104)60(101)51(33-91)121-77)62(103)75(115)88-56(37(4)94)72(112)89-57-38(5)118-76(116)48(31-42-22-26-44(97)27-23-42)86-74(114)59(39(6)119-79-65(106)64(105)61(102)52(34-92)122-79)90(8)54(100)32-81-68(108)46(28-29-53(80)99)84-69(109)45(10-2)83-70(110)47(30-41-20-24-43(96)25-21-41)85-71(111)55(36(3)93)87-73(57)113;2*1-2-3/h10,20-27,36-39,46-52,55-67,77-79,91-94,96-98,101-107H,9,11-19,28-35H2,1-8H3,(H2,80,99)(H,81,108)(H,82,95)(H,83,110)(H,84,109)(H,85,111)(H,86,114)(H,87,113)(H,88,115)(H,89,112);2*2H,1H3/b45-10-;;/t36-,37?,38+,39?,46+,47+,48-,49+,50?,51-,52-,55-,56?,57-,58-,59?,60-,61-,62?,63-,64+,65+,66-,67+,77+,78-,79+;;/m0../s1. The van der Waals surface area contributed by atoms with Gasteiger partial charge in [-0.25, -0.2) is 4.79 Å². The van der Waals surface area contributed by atoms with E-state index >= 15 is 19.2 Å². The molecule has 11 amide bonds. The van der Waals surface area contributed by atoms with E-state index in [-0.39, 0.29) is 35.5 Å². The molecule has 0 radical (unpaired) electrons. The molecular weight excluding hydrogens is 1710 g/mol. The number of rotatable bonds is 34. The fourth-order valence-electron chi connectivity index (χ4n) is 14.0. The maximum absolute atomic E-state index is 15.4. The second-order valence-electron chi connectivity index (χ2n) is 31.4. The number of primary amides is 1. The zero-order valence-electron chi connectivity index (χ0n) is 73.5. The zero-order chi connectivity index (χ0) is 96.8. The fourth-order valence-corrected chi connectivity index (χ4v) is 14.0. The van der Waals surface area contributed by atoms with Gasteiger partial charge in [0.15, 0.2) is 25.0 Å². The predicted octanol–water partition coefficient (Wildman–Crippen LogP) is -7.58. The van der Waals surface area contributed by atoms with Crippen LogP contribution >= 0.6 is 0 Å². The van der Waals surface area contributed by atoms with Gasteiger partial charge in [-0.3, -0.25) is 52.7 Å². The second-order valence-corrected chi connectivity index (χ2v) is 31.4. The number of nitrogens with two attached hydrogens (primary N) is 1. The largest absolute Gasteiger partial charge is 0.508 e. The number of cyclic esters (lactones) is 1. The molecule has 726 valence electrons. The van der Waals surface area contributed by atoms with Crippen LogP contribution in [0.4, 0.5) is 0 Å². The van der Waals surface area contributed by atoms with Crippen molar-refractivity contribution in [2.24, 2.45) is 5.73 Å². The van der Waals surface area contributed by atoms with Crippen molar-refractivity contribution in [1.29, 1.82) is 0 Å².